The van der Waals surface area contributed by atoms with E-state index in [2.05, 4.69) is 65.8 Å². The predicted octanol–water partition coefficient (Wildman–Crippen LogP) is 2.50. The Bertz CT molecular complexity index is 780. The minimum Gasteiger partial charge on any atom is -0.356 e. The monoisotopic (exact) mass is 372 g/mol. The van der Waals surface area contributed by atoms with E-state index in [1.54, 1.807) is 7.05 Å². The molecule has 0 bridgehead atoms. The second-order valence-corrected chi connectivity index (χ2v) is 7.01. The van der Waals surface area contributed by atoms with Crippen LogP contribution >= 0.6 is 0 Å². The molecule has 0 aliphatic carbocycles. The maximum absolute atomic E-state index is 10.7. The molecule has 2 rings (SSSR count). The van der Waals surface area contributed by atoms with Crippen LogP contribution in [0.1, 0.15) is 31.9 Å². The molecule has 2 N–H and O–H groups in total. The van der Waals surface area contributed by atoms with Crippen molar-refractivity contribution in [3.05, 3.63) is 57.9 Å². The summed E-state index contributed by atoms with van der Waals surface area (Å²) < 4.78 is 1.54. The van der Waals surface area contributed by atoms with Crippen LogP contribution in [0, 0.1) is 10.1 Å². The maximum Gasteiger partial charge on any atom is 0.306 e. The Labute approximate surface area is 159 Å². The van der Waals surface area contributed by atoms with Gasteiger partial charge in [-0.1, -0.05) is 45.0 Å². The van der Waals surface area contributed by atoms with Crippen molar-refractivity contribution >= 4 is 11.6 Å². The number of nitrogens with zero attached hydrogens (tertiary/aromatic N) is 4. The molecule has 0 unspecified atom stereocenters. The molecule has 1 heterocycles. The Morgan fingerprint density at radius 1 is 1.30 bits per heavy atom. The summed E-state index contributed by atoms with van der Waals surface area (Å²) in [7, 11) is 1.72. The molecule has 0 aliphatic heterocycles. The Hall–Kier alpha value is -2.90. The largest absolute Gasteiger partial charge is 0.356 e. The van der Waals surface area contributed by atoms with Gasteiger partial charge >= 0.3 is 5.69 Å². The molecule has 1 aromatic carbocycles. The van der Waals surface area contributed by atoms with Gasteiger partial charge in [-0.2, -0.15) is 5.10 Å². The normalized spacial score (nSPS) is 12.1. The second kappa shape index (κ2) is 9.16. The van der Waals surface area contributed by atoms with Crippen molar-refractivity contribution in [2.45, 2.75) is 39.2 Å². The summed E-state index contributed by atoms with van der Waals surface area (Å²) in [5, 5.41) is 21.2. The highest BCUT2D eigenvalue weighted by molar-refractivity contribution is 5.79. The van der Waals surface area contributed by atoms with Gasteiger partial charge in [-0.05, 0) is 17.5 Å². The molecule has 8 heteroatoms. The molecule has 1 aromatic heterocycles. The number of nitrogens with one attached hydrogen (secondary N) is 2. The molecular weight excluding hydrogens is 344 g/mol. The number of aryl methyl sites for hydroxylation is 1. The highest BCUT2D eigenvalue weighted by Crippen LogP contribution is 2.22. The van der Waals surface area contributed by atoms with E-state index >= 15 is 0 Å². The van der Waals surface area contributed by atoms with Crippen molar-refractivity contribution < 1.29 is 4.92 Å². The number of rotatable bonds is 8. The number of benzene rings is 1. The first-order valence-corrected chi connectivity index (χ1v) is 9.06. The maximum atomic E-state index is 10.7. The van der Waals surface area contributed by atoms with Gasteiger partial charge in [0.25, 0.3) is 0 Å². The van der Waals surface area contributed by atoms with Crippen molar-refractivity contribution in [2.75, 3.05) is 20.1 Å². The van der Waals surface area contributed by atoms with Gasteiger partial charge in [-0.3, -0.25) is 19.8 Å². The van der Waals surface area contributed by atoms with Crippen LogP contribution in [-0.2, 0) is 18.4 Å². The smallest absolute Gasteiger partial charge is 0.306 e. The van der Waals surface area contributed by atoms with Crippen LogP contribution in [0.5, 0.6) is 0 Å². The van der Waals surface area contributed by atoms with Crippen molar-refractivity contribution in [1.82, 2.24) is 20.4 Å². The lowest BCUT2D eigenvalue weighted by molar-refractivity contribution is -0.385. The van der Waals surface area contributed by atoms with Crippen LogP contribution in [0.25, 0.3) is 0 Å². The number of hydrogen-bond acceptors (Lipinski definition) is 4. The average molecular weight is 372 g/mol. The van der Waals surface area contributed by atoms with Gasteiger partial charge in [0, 0.05) is 25.6 Å². The molecule has 27 heavy (non-hydrogen) atoms. The number of guanidine groups is 1. The number of aromatic nitrogens is 2. The molecular formula is C19H28N6O2. The lowest BCUT2D eigenvalue weighted by Gasteiger charge is -2.27. The minimum atomic E-state index is -0.452. The van der Waals surface area contributed by atoms with Gasteiger partial charge < -0.3 is 10.6 Å². The number of hydrogen-bond donors (Lipinski definition) is 2. The van der Waals surface area contributed by atoms with E-state index in [0.717, 1.165) is 13.0 Å². The third kappa shape index (κ3) is 5.80. The Morgan fingerprint density at radius 3 is 2.56 bits per heavy atom. The highest BCUT2D eigenvalue weighted by Gasteiger charge is 2.20. The van der Waals surface area contributed by atoms with Gasteiger partial charge in [-0.15, -0.1) is 0 Å². The van der Waals surface area contributed by atoms with E-state index in [0.29, 0.717) is 19.0 Å². The van der Waals surface area contributed by atoms with Gasteiger partial charge in [0.2, 0.25) is 0 Å². The number of nitro groups is 1. The minimum absolute atomic E-state index is 0.00616. The summed E-state index contributed by atoms with van der Waals surface area (Å²) in [5.74, 6) is 0.690. The lowest BCUT2D eigenvalue weighted by atomic mass is 9.84. The zero-order valence-electron chi connectivity index (χ0n) is 16.4. The molecule has 0 spiro atoms. The molecule has 146 valence electrons. The Morgan fingerprint density at radius 2 is 2.00 bits per heavy atom. The molecule has 0 amide bonds. The molecule has 2 aromatic rings. The molecule has 0 atom stereocenters. The zero-order chi connectivity index (χ0) is 19.9. The SMILES string of the molecule is CCc1ccc(C(C)(C)CNC(=NC)NCCn2cc([N+](=O)[O-])cn2)cc1. The first-order valence-electron chi connectivity index (χ1n) is 9.06. The van der Waals surface area contributed by atoms with E-state index in [1.807, 2.05) is 0 Å². The molecule has 0 saturated carbocycles. The molecule has 0 saturated heterocycles. The van der Waals surface area contributed by atoms with Gasteiger partial charge in [0.15, 0.2) is 5.96 Å². The third-order valence-corrected chi connectivity index (χ3v) is 4.53. The van der Waals surface area contributed by atoms with Gasteiger partial charge in [0.1, 0.15) is 12.4 Å². The van der Waals surface area contributed by atoms with Gasteiger partial charge in [0.05, 0.1) is 11.5 Å². The standard InChI is InChI=1S/C19H28N6O2/c1-5-15-6-8-16(9-7-15)19(2,3)14-22-18(20-4)21-10-11-24-13-17(12-23-24)25(26)27/h6-9,12-13H,5,10-11,14H2,1-4H3,(H2,20,21,22). The summed E-state index contributed by atoms with van der Waals surface area (Å²) in [5.41, 5.74) is 2.55. The molecule has 0 fully saturated rings. The predicted molar refractivity (Wildman–Crippen MR) is 107 cm³/mol. The van der Waals surface area contributed by atoms with Crippen molar-refractivity contribution in [1.29, 1.82) is 0 Å². The summed E-state index contributed by atoms with van der Waals surface area (Å²) in [6, 6.07) is 8.71. The highest BCUT2D eigenvalue weighted by atomic mass is 16.6. The van der Waals surface area contributed by atoms with E-state index in [1.165, 1.54) is 28.2 Å². The quantitative estimate of drug-likeness (QED) is 0.321. The van der Waals surface area contributed by atoms with Gasteiger partial charge in [-0.25, -0.2) is 0 Å². The molecule has 0 aliphatic rings. The fourth-order valence-electron chi connectivity index (χ4n) is 2.68. The summed E-state index contributed by atoms with van der Waals surface area (Å²) in [6.45, 7) is 8.33. The third-order valence-electron chi connectivity index (χ3n) is 4.53. The average Bonchev–Trinajstić information content (AvgIpc) is 3.14. The van der Waals surface area contributed by atoms with Crippen molar-refractivity contribution in [3.63, 3.8) is 0 Å². The first-order chi connectivity index (χ1) is 12.9. The Kier molecular flexibility index (Phi) is 6.92. The lowest BCUT2D eigenvalue weighted by Crippen LogP contribution is -2.44. The Balaban J connectivity index is 1.83. The summed E-state index contributed by atoms with van der Waals surface area (Å²) in [6.07, 6.45) is 3.70. The fraction of sp³-hybridized carbons (Fsp3) is 0.474. The molecule has 8 nitrogen and oxygen atoms in total. The molecule has 0 radical (unpaired) electrons. The van der Waals surface area contributed by atoms with Crippen LogP contribution in [0.3, 0.4) is 0 Å². The van der Waals surface area contributed by atoms with E-state index in [-0.39, 0.29) is 11.1 Å². The summed E-state index contributed by atoms with van der Waals surface area (Å²) in [4.78, 5) is 14.5. The summed E-state index contributed by atoms with van der Waals surface area (Å²) >= 11 is 0. The van der Waals surface area contributed by atoms with E-state index in [4.69, 9.17) is 0 Å². The fourth-order valence-corrected chi connectivity index (χ4v) is 2.68. The second-order valence-electron chi connectivity index (χ2n) is 7.01. The van der Waals surface area contributed by atoms with E-state index in [9.17, 15) is 10.1 Å². The van der Waals surface area contributed by atoms with Crippen LogP contribution < -0.4 is 10.6 Å². The van der Waals surface area contributed by atoms with Crippen LogP contribution in [-0.4, -0.2) is 40.8 Å². The first kappa shape index (κ1) is 20.4. The number of aliphatic imine (C=N–C) groups is 1. The van der Waals surface area contributed by atoms with Crippen LogP contribution in [0.2, 0.25) is 0 Å². The van der Waals surface area contributed by atoms with Crippen molar-refractivity contribution in [2.24, 2.45) is 4.99 Å². The van der Waals surface area contributed by atoms with Crippen LogP contribution in [0.15, 0.2) is 41.7 Å². The van der Waals surface area contributed by atoms with Crippen LogP contribution in [0.4, 0.5) is 5.69 Å². The zero-order valence-corrected chi connectivity index (χ0v) is 16.4. The topological polar surface area (TPSA) is 97.4 Å². The van der Waals surface area contributed by atoms with E-state index < -0.39 is 4.92 Å². The van der Waals surface area contributed by atoms with Crippen molar-refractivity contribution in [3.8, 4) is 0 Å².